The maximum atomic E-state index is 12.0. The van der Waals surface area contributed by atoms with Crippen molar-refractivity contribution in [2.24, 2.45) is 5.92 Å². The van der Waals surface area contributed by atoms with E-state index in [2.05, 4.69) is 10.2 Å². The third-order valence-corrected chi connectivity index (χ3v) is 5.51. The van der Waals surface area contributed by atoms with E-state index in [1.807, 2.05) is 0 Å². The normalized spacial score (nSPS) is 33.6. The van der Waals surface area contributed by atoms with Crippen LogP contribution in [0.2, 0.25) is 0 Å². The monoisotopic (exact) mass is 280 g/mol. The fraction of sp³-hybridized carbons (Fsp3) is 0.938. The number of hydrogen-bond donors (Lipinski definition) is 2. The van der Waals surface area contributed by atoms with Crippen LogP contribution in [0, 0.1) is 5.92 Å². The first-order valence-electron chi connectivity index (χ1n) is 8.46. The lowest BCUT2D eigenvalue weighted by molar-refractivity contribution is -0.128. The fourth-order valence-corrected chi connectivity index (χ4v) is 3.88. The van der Waals surface area contributed by atoms with Crippen LogP contribution in [0.1, 0.15) is 57.8 Å². The Bertz CT molecular complexity index is 335. The Morgan fingerprint density at radius 3 is 2.25 bits per heavy atom. The minimum atomic E-state index is -0.134. The maximum Gasteiger partial charge on any atom is 0.223 e. The highest BCUT2D eigenvalue weighted by Crippen LogP contribution is 2.28. The number of aliphatic hydroxyl groups is 1. The summed E-state index contributed by atoms with van der Waals surface area (Å²) in [5.74, 6) is 0.584. The van der Waals surface area contributed by atoms with Gasteiger partial charge in [-0.25, -0.2) is 0 Å². The van der Waals surface area contributed by atoms with E-state index in [9.17, 15) is 9.90 Å². The van der Waals surface area contributed by atoms with Gasteiger partial charge in [0.25, 0.3) is 0 Å². The van der Waals surface area contributed by atoms with E-state index in [-0.39, 0.29) is 12.0 Å². The van der Waals surface area contributed by atoms with Gasteiger partial charge in [0.15, 0.2) is 0 Å². The standard InChI is InChI=1S/C16H28N2O2/c19-15-7-2-1-6-14(15)18-10-8-13(9-11-18)17-16(20)12-4-3-5-12/h12-15,19H,1-11H2,(H,17,20). The zero-order chi connectivity index (χ0) is 13.9. The number of nitrogens with zero attached hydrogens (tertiary/aromatic N) is 1. The number of aliphatic hydroxyl groups excluding tert-OH is 1. The van der Waals surface area contributed by atoms with Crippen LogP contribution in [0.5, 0.6) is 0 Å². The van der Waals surface area contributed by atoms with Crippen LogP contribution >= 0.6 is 0 Å². The van der Waals surface area contributed by atoms with Gasteiger partial charge in [0.2, 0.25) is 5.91 Å². The van der Waals surface area contributed by atoms with Gasteiger partial charge in [0.1, 0.15) is 0 Å². The molecule has 4 heteroatoms. The first kappa shape index (κ1) is 14.3. The topological polar surface area (TPSA) is 52.6 Å². The predicted octanol–water partition coefficient (Wildman–Crippen LogP) is 1.67. The van der Waals surface area contributed by atoms with Gasteiger partial charge < -0.3 is 10.4 Å². The van der Waals surface area contributed by atoms with Gasteiger partial charge in [-0.05, 0) is 38.5 Å². The summed E-state index contributed by atoms with van der Waals surface area (Å²) in [6.07, 6.45) is 9.86. The highest BCUT2D eigenvalue weighted by Gasteiger charge is 2.33. The number of piperidine rings is 1. The molecule has 0 aromatic rings. The van der Waals surface area contributed by atoms with Gasteiger partial charge in [-0.15, -0.1) is 0 Å². The second-order valence-corrected chi connectivity index (χ2v) is 6.87. The average molecular weight is 280 g/mol. The molecule has 0 radical (unpaired) electrons. The van der Waals surface area contributed by atoms with E-state index in [0.29, 0.717) is 18.0 Å². The zero-order valence-corrected chi connectivity index (χ0v) is 12.4. The minimum Gasteiger partial charge on any atom is -0.391 e. The Morgan fingerprint density at radius 1 is 0.950 bits per heavy atom. The molecule has 2 N–H and O–H groups in total. The minimum absolute atomic E-state index is 0.134. The van der Waals surface area contributed by atoms with Crippen LogP contribution in [-0.4, -0.2) is 47.2 Å². The predicted molar refractivity (Wildman–Crippen MR) is 78.3 cm³/mol. The molecule has 0 bridgehead atoms. The molecule has 4 nitrogen and oxygen atoms in total. The van der Waals surface area contributed by atoms with Crippen LogP contribution < -0.4 is 5.32 Å². The van der Waals surface area contributed by atoms with E-state index in [1.54, 1.807) is 0 Å². The summed E-state index contributed by atoms with van der Waals surface area (Å²) in [4.78, 5) is 14.4. The lowest BCUT2D eigenvalue weighted by Gasteiger charge is -2.42. The number of nitrogens with one attached hydrogen (secondary N) is 1. The molecule has 2 unspecified atom stereocenters. The molecule has 2 atom stereocenters. The Kier molecular flexibility index (Phi) is 4.61. The Labute approximate surface area is 121 Å². The first-order valence-corrected chi connectivity index (χ1v) is 8.46. The third-order valence-electron chi connectivity index (χ3n) is 5.51. The fourth-order valence-electron chi connectivity index (χ4n) is 3.88. The molecule has 0 spiro atoms. The lowest BCUT2D eigenvalue weighted by Crippen LogP contribution is -2.53. The molecule has 2 aliphatic carbocycles. The molecular weight excluding hydrogens is 252 g/mol. The van der Waals surface area contributed by atoms with Gasteiger partial charge in [0, 0.05) is 31.1 Å². The second kappa shape index (κ2) is 6.44. The summed E-state index contributed by atoms with van der Waals surface area (Å²) >= 11 is 0. The molecule has 0 aromatic carbocycles. The maximum absolute atomic E-state index is 12.0. The van der Waals surface area contributed by atoms with Crippen LogP contribution in [0.3, 0.4) is 0 Å². The second-order valence-electron chi connectivity index (χ2n) is 6.87. The zero-order valence-electron chi connectivity index (χ0n) is 12.4. The van der Waals surface area contributed by atoms with Crippen molar-refractivity contribution in [3.05, 3.63) is 0 Å². The Hall–Kier alpha value is -0.610. The summed E-state index contributed by atoms with van der Waals surface area (Å²) in [6, 6.07) is 0.729. The highest BCUT2D eigenvalue weighted by molar-refractivity contribution is 5.79. The molecule has 1 heterocycles. The van der Waals surface area contributed by atoms with Crippen molar-refractivity contribution in [3.63, 3.8) is 0 Å². The molecular formula is C16H28N2O2. The molecule has 2 saturated carbocycles. The molecule has 20 heavy (non-hydrogen) atoms. The van der Waals surface area contributed by atoms with Crippen LogP contribution in [0.15, 0.2) is 0 Å². The number of likely N-dealkylation sites (tertiary alicyclic amines) is 1. The van der Waals surface area contributed by atoms with Crippen molar-refractivity contribution in [2.45, 2.75) is 76.0 Å². The third kappa shape index (κ3) is 3.17. The molecule has 3 rings (SSSR count). The van der Waals surface area contributed by atoms with Gasteiger partial charge >= 0.3 is 0 Å². The van der Waals surface area contributed by atoms with E-state index >= 15 is 0 Å². The Morgan fingerprint density at radius 2 is 1.65 bits per heavy atom. The summed E-state index contributed by atoms with van der Waals surface area (Å²) < 4.78 is 0. The van der Waals surface area contributed by atoms with Crippen molar-refractivity contribution in [2.75, 3.05) is 13.1 Å². The van der Waals surface area contributed by atoms with E-state index < -0.39 is 0 Å². The number of amides is 1. The van der Waals surface area contributed by atoms with Gasteiger partial charge in [-0.1, -0.05) is 19.3 Å². The van der Waals surface area contributed by atoms with Crippen LogP contribution in [0.25, 0.3) is 0 Å². The van der Waals surface area contributed by atoms with E-state index in [1.165, 1.54) is 19.3 Å². The van der Waals surface area contributed by atoms with Gasteiger partial charge in [0.05, 0.1) is 6.10 Å². The molecule has 3 aliphatic rings. The molecule has 3 fully saturated rings. The molecule has 0 aromatic heterocycles. The molecule has 114 valence electrons. The van der Waals surface area contributed by atoms with Gasteiger partial charge in [-0.2, -0.15) is 0 Å². The Balaban J connectivity index is 1.43. The molecule has 1 saturated heterocycles. The van der Waals surface area contributed by atoms with Crippen molar-refractivity contribution >= 4 is 5.91 Å². The SMILES string of the molecule is O=C(NC1CCN(C2CCCCC2O)CC1)C1CCC1. The van der Waals surface area contributed by atoms with Crippen molar-refractivity contribution in [1.82, 2.24) is 10.2 Å². The summed E-state index contributed by atoms with van der Waals surface area (Å²) in [5, 5.41) is 13.4. The smallest absolute Gasteiger partial charge is 0.223 e. The van der Waals surface area contributed by atoms with Crippen LogP contribution in [0.4, 0.5) is 0 Å². The number of carbonyl (C=O) groups excluding carboxylic acids is 1. The quantitative estimate of drug-likeness (QED) is 0.827. The first-order chi connectivity index (χ1) is 9.74. The lowest BCUT2D eigenvalue weighted by atomic mass is 9.84. The molecule has 1 amide bonds. The van der Waals surface area contributed by atoms with E-state index in [0.717, 1.165) is 51.6 Å². The average Bonchev–Trinajstić information content (AvgIpc) is 2.38. The highest BCUT2D eigenvalue weighted by atomic mass is 16.3. The molecule has 1 aliphatic heterocycles. The summed E-state index contributed by atoms with van der Waals surface area (Å²) in [6.45, 7) is 2.05. The summed E-state index contributed by atoms with van der Waals surface area (Å²) in [7, 11) is 0. The van der Waals surface area contributed by atoms with Crippen molar-refractivity contribution < 1.29 is 9.90 Å². The summed E-state index contributed by atoms with van der Waals surface area (Å²) in [5.41, 5.74) is 0. The number of hydrogen-bond acceptors (Lipinski definition) is 3. The van der Waals surface area contributed by atoms with E-state index in [4.69, 9.17) is 0 Å². The number of rotatable bonds is 3. The van der Waals surface area contributed by atoms with Crippen molar-refractivity contribution in [1.29, 1.82) is 0 Å². The van der Waals surface area contributed by atoms with Crippen LogP contribution in [-0.2, 0) is 4.79 Å². The number of carbonyl (C=O) groups is 1. The van der Waals surface area contributed by atoms with Gasteiger partial charge in [-0.3, -0.25) is 9.69 Å². The largest absolute Gasteiger partial charge is 0.391 e. The van der Waals surface area contributed by atoms with Crippen molar-refractivity contribution in [3.8, 4) is 0 Å².